The van der Waals surface area contributed by atoms with E-state index in [1.807, 2.05) is 0 Å². The highest BCUT2D eigenvalue weighted by Crippen LogP contribution is 2.45. The minimum atomic E-state index is -0.850. The van der Waals surface area contributed by atoms with E-state index in [1.165, 1.54) is 11.0 Å². The lowest BCUT2D eigenvalue weighted by atomic mass is 10.1. The van der Waals surface area contributed by atoms with Gasteiger partial charge >= 0.3 is 5.97 Å². The van der Waals surface area contributed by atoms with Gasteiger partial charge in [-0.05, 0) is 47.5 Å². The first-order valence-corrected chi connectivity index (χ1v) is 6.46. The first-order valence-electron chi connectivity index (χ1n) is 6.46. The number of hydrogen-bond donors (Lipinski definition) is 2. The van der Waals surface area contributed by atoms with Crippen molar-refractivity contribution in [1.29, 1.82) is 0 Å². The molecular weight excluding hydrogens is 274 g/mol. The average molecular weight is 287 g/mol. The maximum atomic E-state index is 12.0. The topological polar surface area (TPSA) is 110 Å². The molecule has 0 saturated heterocycles. The van der Waals surface area contributed by atoms with Gasteiger partial charge in [-0.1, -0.05) is 0 Å². The zero-order chi connectivity index (χ0) is 14.9. The van der Waals surface area contributed by atoms with Gasteiger partial charge in [0.05, 0.1) is 11.1 Å². The minimum Gasteiger partial charge on any atom is -0.481 e. The number of tetrazole rings is 1. The summed E-state index contributed by atoms with van der Waals surface area (Å²) in [5.41, 5.74) is 0.441. The van der Waals surface area contributed by atoms with Crippen molar-refractivity contribution >= 4 is 11.9 Å². The van der Waals surface area contributed by atoms with Crippen molar-refractivity contribution in [3.05, 3.63) is 36.2 Å². The summed E-state index contributed by atoms with van der Waals surface area (Å²) in [7, 11) is 0. The number of hydrogen-bond acceptors (Lipinski definition) is 5. The van der Waals surface area contributed by atoms with Crippen LogP contribution in [0.5, 0.6) is 0 Å². The van der Waals surface area contributed by atoms with Gasteiger partial charge in [0.25, 0.3) is 5.91 Å². The molecule has 1 amide bonds. The van der Waals surface area contributed by atoms with E-state index in [1.54, 1.807) is 24.3 Å². The van der Waals surface area contributed by atoms with Gasteiger partial charge < -0.3 is 10.4 Å². The summed E-state index contributed by atoms with van der Waals surface area (Å²) in [6.45, 7) is 0.163. The number of aromatic nitrogens is 4. The Kier molecular flexibility index (Phi) is 3.13. The molecule has 0 radical (unpaired) electrons. The highest BCUT2D eigenvalue weighted by atomic mass is 16.4. The number of carboxylic acid groups (broad SMARTS) is 1. The van der Waals surface area contributed by atoms with Crippen LogP contribution in [0.15, 0.2) is 30.6 Å². The van der Waals surface area contributed by atoms with Gasteiger partial charge in [-0.3, -0.25) is 9.59 Å². The zero-order valence-corrected chi connectivity index (χ0v) is 11.1. The van der Waals surface area contributed by atoms with E-state index in [4.69, 9.17) is 5.11 Å². The van der Waals surface area contributed by atoms with Crippen LogP contribution in [0, 0.1) is 5.41 Å². The Morgan fingerprint density at radius 3 is 2.52 bits per heavy atom. The molecule has 0 bridgehead atoms. The Morgan fingerprint density at radius 1 is 1.29 bits per heavy atom. The van der Waals surface area contributed by atoms with Crippen LogP contribution in [0.3, 0.4) is 0 Å². The number of carboxylic acids is 1. The standard InChI is InChI=1S/C13H13N5O3/c19-11(14-7-13(5-6-13)12(20)21)9-1-3-10(4-2-9)18-8-15-16-17-18/h1-4,8H,5-7H2,(H,14,19)(H,20,21). The maximum Gasteiger partial charge on any atom is 0.311 e. The summed E-state index contributed by atoms with van der Waals surface area (Å²) in [5.74, 6) is -1.14. The van der Waals surface area contributed by atoms with Crippen molar-refractivity contribution in [1.82, 2.24) is 25.5 Å². The second kappa shape index (κ2) is 4.97. The first-order chi connectivity index (χ1) is 10.1. The van der Waals surface area contributed by atoms with E-state index in [0.29, 0.717) is 18.4 Å². The summed E-state index contributed by atoms with van der Waals surface area (Å²) in [4.78, 5) is 23.0. The summed E-state index contributed by atoms with van der Waals surface area (Å²) in [6.07, 6.45) is 2.68. The molecule has 1 saturated carbocycles. The van der Waals surface area contributed by atoms with Crippen molar-refractivity contribution in [3.8, 4) is 5.69 Å². The molecule has 2 N–H and O–H groups in total. The molecule has 1 aliphatic rings. The number of amides is 1. The zero-order valence-electron chi connectivity index (χ0n) is 11.1. The third-order valence-electron chi connectivity index (χ3n) is 3.64. The van der Waals surface area contributed by atoms with Crippen LogP contribution in [0.1, 0.15) is 23.2 Å². The van der Waals surface area contributed by atoms with Crippen LogP contribution < -0.4 is 5.32 Å². The number of rotatable bonds is 5. The van der Waals surface area contributed by atoms with Crippen molar-refractivity contribution in [2.24, 2.45) is 5.41 Å². The van der Waals surface area contributed by atoms with Gasteiger partial charge in [0.1, 0.15) is 6.33 Å². The van der Waals surface area contributed by atoms with E-state index in [9.17, 15) is 9.59 Å². The SMILES string of the molecule is O=C(NCC1(C(=O)O)CC1)c1ccc(-n2cnnn2)cc1. The van der Waals surface area contributed by atoms with Crippen LogP contribution >= 0.6 is 0 Å². The quantitative estimate of drug-likeness (QED) is 0.816. The van der Waals surface area contributed by atoms with E-state index in [2.05, 4.69) is 20.8 Å². The van der Waals surface area contributed by atoms with Crippen LogP contribution in [0.4, 0.5) is 0 Å². The van der Waals surface area contributed by atoms with Crippen LogP contribution in [0.2, 0.25) is 0 Å². The third kappa shape index (κ3) is 2.60. The number of aliphatic carboxylic acids is 1. The smallest absolute Gasteiger partial charge is 0.311 e. The van der Waals surface area contributed by atoms with E-state index in [-0.39, 0.29) is 12.5 Å². The molecule has 1 aliphatic carbocycles. The molecule has 3 rings (SSSR count). The highest BCUT2D eigenvalue weighted by molar-refractivity contribution is 5.94. The molecule has 0 spiro atoms. The fourth-order valence-electron chi connectivity index (χ4n) is 2.01. The number of benzene rings is 1. The number of nitrogens with one attached hydrogen (secondary N) is 1. The summed E-state index contributed by atoms with van der Waals surface area (Å²) >= 11 is 0. The lowest BCUT2D eigenvalue weighted by molar-refractivity contribution is -0.143. The fraction of sp³-hybridized carbons (Fsp3) is 0.308. The molecule has 108 valence electrons. The minimum absolute atomic E-state index is 0.163. The molecule has 0 atom stereocenters. The van der Waals surface area contributed by atoms with Crippen molar-refractivity contribution in [2.45, 2.75) is 12.8 Å². The third-order valence-corrected chi connectivity index (χ3v) is 3.64. The van der Waals surface area contributed by atoms with Gasteiger partial charge in [0.15, 0.2) is 0 Å². The first kappa shape index (κ1) is 13.2. The predicted molar refractivity (Wildman–Crippen MR) is 70.8 cm³/mol. The summed E-state index contributed by atoms with van der Waals surface area (Å²) in [5, 5.41) is 22.5. The molecule has 2 aromatic rings. The van der Waals surface area contributed by atoms with Gasteiger partial charge in [0.2, 0.25) is 0 Å². The number of nitrogens with zero attached hydrogens (tertiary/aromatic N) is 4. The monoisotopic (exact) mass is 287 g/mol. The van der Waals surface area contributed by atoms with Gasteiger partial charge in [0, 0.05) is 12.1 Å². The Balaban J connectivity index is 1.64. The molecule has 0 aliphatic heterocycles. The Labute approximate surface area is 119 Å². The van der Waals surface area contributed by atoms with Gasteiger partial charge in [-0.25, -0.2) is 4.68 Å². The largest absolute Gasteiger partial charge is 0.481 e. The van der Waals surface area contributed by atoms with Crippen molar-refractivity contribution in [2.75, 3.05) is 6.54 Å². The molecular formula is C13H13N5O3. The molecule has 1 fully saturated rings. The van der Waals surface area contributed by atoms with E-state index < -0.39 is 11.4 Å². The molecule has 8 heteroatoms. The van der Waals surface area contributed by atoms with Crippen molar-refractivity contribution in [3.63, 3.8) is 0 Å². The molecule has 8 nitrogen and oxygen atoms in total. The second-order valence-corrected chi connectivity index (χ2v) is 5.07. The highest BCUT2D eigenvalue weighted by Gasteiger charge is 2.50. The number of carbonyl (C=O) groups is 2. The molecule has 1 aromatic carbocycles. The summed E-state index contributed by atoms with van der Waals surface area (Å²) < 4.78 is 1.48. The van der Waals surface area contributed by atoms with Crippen LogP contribution in [-0.4, -0.2) is 43.7 Å². The van der Waals surface area contributed by atoms with E-state index >= 15 is 0 Å². The molecule has 1 aromatic heterocycles. The van der Waals surface area contributed by atoms with Crippen molar-refractivity contribution < 1.29 is 14.7 Å². The number of carbonyl (C=O) groups excluding carboxylic acids is 1. The fourth-order valence-corrected chi connectivity index (χ4v) is 2.01. The Bertz CT molecular complexity index is 662. The summed E-state index contributed by atoms with van der Waals surface area (Å²) in [6, 6.07) is 6.73. The average Bonchev–Trinajstić information content (AvgIpc) is 3.10. The van der Waals surface area contributed by atoms with E-state index in [0.717, 1.165) is 5.69 Å². The van der Waals surface area contributed by atoms with Crippen LogP contribution in [0.25, 0.3) is 5.69 Å². The molecule has 1 heterocycles. The normalized spacial score (nSPS) is 15.4. The lowest BCUT2D eigenvalue weighted by Crippen LogP contribution is -2.34. The second-order valence-electron chi connectivity index (χ2n) is 5.07. The maximum absolute atomic E-state index is 12.0. The molecule has 0 unspecified atom stereocenters. The Morgan fingerprint density at radius 2 is 2.00 bits per heavy atom. The molecule has 21 heavy (non-hydrogen) atoms. The predicted octanol–water partition coefficient (Wildman–Crippen LogP) is 0.257. The Hall–Kier alpha value is -2.77. The van der Waals surface area contributed by atoms with Gasteiger partial charge in [-0.2, -0.15) is 0 Å². The van der Waals surface area contributed by atoms with Gasteiger partial charge in [-0.15, -0.1) is 5.10 Å². The van der Waals surface area contributed by atoms with Crippen LogP contribution in [-0.2, 0) is 4.79 Å². The lowest BCUT2D eigenvalue weighted by Gasteiger charge is -2.11.